The normalized spacial score (nSPS) is 15.8. The molecule has 0 bridgehead atoms. The Kier molecular flexibility index (Phi) is 11.6. The summed E-state index contributed by atoms with van der Waals surface area (Å²) in [6.07, 6.45) is 13.0. The van der Waals surface area contributed by atoms with E-state index in [0.717, 1.165) is 68.6 Å². The number of methoxy groups -OCH3 is 1. The van der Waals surface area contributed by atoms with E-state index in [2.05, 4.69) is 43.7 Å². The number of unbranched alkanes of at least 4 members (excludes halogenated alkanes) is 3. The maximum Gasteiger partial charge on any atom is 0.190 e. The van der Waals surface area contributed by atoms with Crippen LogP contribution in [0.15, 0.2) is 91.8 Å². The van der Waals surface area contributed by atoms with Crippen LogP contribution in [0.25, 0.3) is 22.4 Å². The third-order valence-electron chi connectivity index (χ3n) is 10.1. The van der Waals surface area contributed by atoms with Gasteiger partial charge < -0.3 is 30.6 Å². The van der Waals surface area contributed by atoms with Crippen LogP contribution in [0.5, 0.6) is 5.75 Å². The van der Waals surface area contributed by atoms with Crippen molar-refractivity contribution in [3.63, 3.8) is 0 Å². The lowest BCUT2D eigenvalue weighted by molar-refractivity contribution is 0.264. The number of hydrogen-bond donors (Lipinski definition) is 3. The first-order valence-corrected chi connectivity index (χ1v) is 18.6. The molecule has 280 valence electrons. The molecule has 0 radical (unpaired) electrons. The van der Waals surface area contributed by atoms with E-state index in [9.17, 15) is 8.78 Å². The Morgan fingerprint density at radius 2 is 1.72 bits per heavy atom. The number of piperidine rings is 1. The van der Waals surface area contributed by atoms with Crippen molar-refractivity contribution in [3.8, 4) is 17.0 Å². The summed E-state index contributed by atoms with van der Waals surface area (Å²) in [6, 6.07) is 20.8. The number of pyridine rings is 2. The predicted octanol–water partition coefficient (Wildman–Crippen LogP) is 6.83. The number of nitrogens with zero attached hydrogens (tertiary/aromatic N) is 7. The molecule has 4 N–H and O–H groups in total. The van der Waals surface area contributed by atoms with Crippen molar-refractivity contribution in [1.82, 2.24) is 34.8 Å². The highest BCUT2D eigenvalue weighted by Gasteiger charge is 2.39. The van der Waals surface area contributed by atoms with Gasteiger partial charge >= 0.3 is 0 Å². The van der Waals surface area contributed by atoms with Gasteiger partial charge in [-0.2, -0.15) is 0 Å². The molecule has 0 unspecified atom stereocenters. The first-order valence-electron chi connectivity index (χ1n) is 18.6. The van der Waals surface area contributed by atoms with Gasteiger partial charge in [0, 0.05) is 37.9 Å². The van der Waals surface area contributed by atoms with E-state index in [-0.39, 0.29) is 0 Å². The molecule has 11 nitrogen and oxygen atoms in total. The second-order valence-corrected chi connectivity index (χ2v) is 13.7. The highest BCUT2D eigenvalue weighted by molar-refractivity contribution is 5.82. The number of anilines is 2. The molecule has 5 heterocycles. The number of halogens is 2. The molecule has 0 saturated carbocycles. The number of aromatic nitrogens is 6. The van der Waals surface area contributed by atoms with Crippen molar-refractivity contribution in [2.45, 2.75) is 57.2 Å². The number of nitrogens with one attached hydrogen (secondary N) is 2. The minimum atomic E-state index is -0.794. The average Bonchev–Trinajstić information content (AvgIpc) is 3.62. The van der Waals surface area contributed by atoms with E-state index in [1.807, 2.05) is 53.4 Å². The van der Waals surface area contributed by atoms with E-state index in [1.165, 1.54) is 24.8 Å². The van der Waals surface area contributed by atoms with Crippen molar-refractivity contribution in [3.05, 3.63) is 120 Å². The largest absolute Gasteiger partial charge is 0.491 e. The van der Waals surface area contributed by atoms with Crippen molar-refractivity contribution in [2.24, 2.45) is 5.73 Å². The molecule has 2 aromatic carbocycles. The van der Waals surface area contributed by atoms with Crippen molar-refractivity contribution in [1.29, 1.82) is 0 Å². The average molecular weight is 733 g/mol. The molecular formula is C41H46F2N10O. The monoisotopic (exact) mass is 732 g/mol. The molecule has 0 aliphatic carbocycles. The highest BCUT2D eigenvalue weighted by Crippen LogP contribution is 2.37. The smallest absolute Gasteiger partial charge is 0.190 e. The number of benzene rings is 2. The first kappa shape index (κ1) is 36.8. The second-order valence-electron chi connectivity index (χ2n) is 13.7. The maximum absolute atomic E-state index is 14.9. The Labute approximate surface area is 314 Å². The van der Waals surface area contributed by atoms with E-state index < -0.39 is 22.9 Å². The summed E-state index contributed by atoms with van der Waals surface area (Å²) in [6.45, 7) is 3.94. The lowest BCUT2D eigenvalue weighted by Crippen LogP contribution is -2.55. The second kappa shape index (κ2) is 17.1. The van der Waals surface area contributed by atoms with Gasteiger partial charge in [0.1, 0.15) is 11.8 Å². The Morgan fingerprint density at radius 1 is 0.907 bits per heavy atom. The van der Waals surface area contributed by atoms with E-state index in [1.54, 1.807) is 12.7 Å². The van der Waals surface area contributed by atoms with E-state index in [0.29, 0.717) is 54.4 Å². The van der Waals surface area contributed by atoms with Crippen molar-refractivity contribution in [2.75, 3.05) is 43.5 Å². The SMILES string of the molecule is COc1c(F)cc(-c2cc(Cn3cnc4c(NCCCCCCN)ncnc43)c(N3CCC[C@@](NCc4ccccc4)(c4ccccn4)C3)cn2)cc1F. The van der Waals surface area contributed by atoms with Crippen LogP contribution in [0.4, 0.5) is 20.3 Å². The quantitative estimate of drug-likeness (QED) is 0.0910. The van der Waals surface area contributed by atoms with Crippen LogP contribution in [-0.4, -0.2) is 62.8 Å². The summed E-state index contributed by atoms with van der Waals surface area (Å²) in [5, 5.41) is 7.32. The number of fused-ring (bicyclic) bond motifs is 1. The summed E-state index contributed by atoms with van der Waals surface area (Å²) < 4.78 is 36.8. The number of nitrogens with two attached hydrogens (primary N) is 1. The molecule has 7 rings (SSSR count). The number of ether oxygens (including phenoxy) is 1. The number of imidazole rings is 1. The van der Waals surface area contributed by atoms with Crippen LogP contribution < -0.4 is 26.0 Å². The molecule has 1 saturated heterocycles. The molecule has 1 aliphatic heterocycles. The molecule has 13 heteroatoms. The third-order valence-corrected chi connectivity index (χ3v) is 10.1. The third kappa shape index (κ3) is 8.17. The van der Waals surface area contributed by atoms with Crippen LogP contribution in [0.2, 0.25) is 0 Å². The number of rotatable bonds is 16. The Hall–Kier alpha value is -5.53. The minimum Gasteiger partial charge on any atom is -0.491 e. The van der Waals surface area contributed by atoms with Crippen LogP contribution >= 0.6 is 0 Å². The summed E-state index contributed by atoms with van der Waals surface area (Å²) in [5.41, 5.74) is 11.2. The number of hydrogen-bond acceptors (Lipinski definition) is 10. The van der Waals surface area contributed by atoms with Gasteiger partial charge in [0.05, 0.1) is 48.8 Å². The molecule has 6 aromatic rings. The van der Waals surface area contributed by atoms with Gasteiger partial charge in [-0.3, -0.25) is 9.97 Å². The van der Waals surface area contributed by atoms with Gasteiger partial charge in [-0.05, 0) is 73.7 Å². The van der Waals surface area contributed by atoms with Crippen LogP contribution in [0, 0.1) is 11.6 Å². The zero-order chi connectivity index (χ0) is 37.3. The Bertz CT molecular complexity index is 2130. The lowest BCUT2D eigenvalue weighted by atomic mass is 9.84. The van der Waals surface area contributed by atoms with Crippen LogP contribution in [-0.2, 0) is 18.6 Å². The topological polar surface area (TPSA) is 132 Å². The fourth-order valence-corrected chi connectivity index (χ4v) is 7.32. The summed E-state index contributed by atoms with van der Waals surface area (Å²) in [5.74, 6) is -1.34. The van der Waals surface area contributed by atoms with Gasteiger partial charge in [0.2, 0.25) is 0 Å². The zero-order valence-electron chi connectivity index (χ0n) is 30.5. The van der Waals surface area contributed by atoms with E-state index >= 15 is 0 Å². The summed E-state index contributed by atoms with van der Waals surface area (Å²) in [4.78, 5) is 25.8. The lowest BCUT2D eigenvalue weighted by Gasteiger charge is -2.44. The van der Waals surface area contributed by atoms with Crippen LogP contribution in [0.1, 0.15) is 55.3 Å². The fraction of sp³-hybridized carbons (Fsp3) is 0.341. The maximum atomic E-state index is 14.9. The molecule has 54 heavy (non-hydrogen) atoms. The molecule has 1 atom stereocenters. The minimum absolute atomic E-state index is 0.306. The van der Waals surface area contributed by atoms with E-state index in [4.69, 9.17) is 25.4 Å². The summed E-state index contributed by atoms with van der Waals surface area (Å²) in [7, 11) is 1.24. The Morgan fingerprint density at radius 3 is 2.50 bits per heavy atom. The van der Waals surface area contributed by atoms with Gasteiger partial charge in [0.15, 0.2) is 28.8 Å². The molecule has 0 amide bonds. The van der Waals surface area contributed by atoms with Gasteiger partial charge in [0.25, 0.3) is 0 Å². The first-order chi connectivity index (χ1) is 26.5. The van der Waals surface area contributed by atoms with Gasteiger partial charge in [-0.1, -0.05) is 49.2 Å². The summed E-state index contributed by atoms with van der Waals surface area (Å²) >= 11 is 0. The Balaban J connectivity index is 1.24. The van der Waals surface area contributed by atoms with Crippen molar-refractivity contribution >= 4 is 22.7 Å². The predicted molar refractivity (Wildman–Crippen MR) is 207 cm³/mol. The fourth-order valence-electron chi connectivity index (χ4n) is 7.32. The van der Waals surface area contributed by atoms with Crippen molar-refractivity contribution < 1.29 is 13.5 Å². The molecule has 1 aliphatic rings. The molecular weight excluding hydrogens is 687 g/mol. The highest BCUT2D eigenvalue weighted by atomic mass is 19.1. The molecule has 1 fully saturated rings. The standard InChI is InChI=1S/C41H46F2N10O/c1-54-38-32(42)20-30(21-33(38)43)34-22-31(25-53-28-50-37-39(48-27-49-40(37)53)46-18-9-3-2-8-16-44)35(24-47-34)52-19-11-15-41(26-52,36-14-7-10-17-45-36)51-23-29-12-5-4-6-13-29/h4-7,10,12-14,17,20-22,24,27-28,51H,2-3,8-9,11,15-16,18-19,23,25-26,44H2,1H3,(H,46,48,49)/t41-/m0/s1. The molecule has 0 spiro atoms. The molecule has 4 aromatic heterocycles. The van der Waals surface area contributed by atoms with Gasteiger partial charge in [-0.25, -0.2) is 23.7 Å². The van der Waals surface area contributed by atoms with Crippen LogP contribution in [0.3, 0.4) is 0 Å². The zero-order valence-corrected chi connectivity index (χ0v) is 30.5. The van der Waals surface area contributed by atoms with Gasteiger partial charge in [-0.15, -0.1) is 0 Å².